The van der Waals surface area contributed by atoms with Gasteiger partial charge in [0.25, 0.3) is 0 Å². The third kappa shape index (κ3) is 1.62. The fourth-order valence-corrected chi connectivity index (χ4v) is 1.23. The van der Waals surface area contributed by atoms with E-state index in [9.17, 15) is 0 Å². The van der Waals surface area contributed by atoms with Crippen molar-refractivity contribution >= 4 is 0 Å². The predicted molar refractivity (Wildman–Crippen MR) is 44.7 cm³/mol. The molecule has 0 bridgehead atoms. The fourth-order valence-electron chi connectivity index (χ4n) is 1.23. The Kier molecular flexibility index (Phi) is 1.78. The van der Waals surface area contributed by atoms with Gasteiger partial charge in [0.05, 0.1) is 5.69 Å². The van der Waals surface area contributed by atoms with E-state index in [1.807, 2.05) is 13.8 Å². The second kappa shape index (κ2) is 2.36. The van der Waals surface area contributed by atoms with Crippen molar-refractivity contribution < 1.29 is 4.42 Å². The predicted octanol–water partition coefficient (Wildman–Crippen LogP) is 2.59. The summed E-state index contributed by atoms with van der Waals surface area (Å²) in [5, 5.41) is 0. The van der Waals surface area contributed by atoms with Crippen molar-refractivity contribution in [1.29, 1.82) is 0 Å². The Morgan fingerprint density at radius 1 is 1.18 bits per heavy atom. The highest BCUT2D eigenvalue weighted by Gasteiger charge is 2.21. The van der Waals surface area contributed by atoms with Gasteiger partial charge >= 0.3 is 0 Å². The minimum Gasteiger partial charge on any atom is -0.445 e. The molecule has 1 aromatic rings. The Bertz CT molecular complexity index is 255. The lowest BCUT2D eigenvalue weighted by atomic mass is 9.92. The van der Waals surface area contributed by atoms with E-state index in [4.69, 9.17) is 4.42 Å². The number of hydrogen-bond acceptors (Lipinski definition) is 2. The summed E-state index contributed by atoms with van der Waals surface area (Å²) in [6.07, 6.45) is 0. The van der Waals surface area contributed by atoms with Gasteiger partial charge in [-0.3, -0.25) is 0 Å². The highest BCUT2D eigenvalue weighted by molar-refractivity contribution is 5.15. The molecule has 0 N–H and O–H groups in total. The van der Waals surface area contributed by atoms with Gasteiger partial charge in [-0.15, -0.1) is 0 Å². The topological polar surface area (TPSA) is 26.0 Å². The number of hydrogen-bond donors (Lipinski definition) is 0. The van der Waals surface area contributed by atoms with Crippen LogP contribution in [0.5, 0.6) is 0 Å². The van der Waals surface area contributed by atoms with Gasteiger partial charge in [0, 0.05) is 12.3 Å². The van der Waals surface area contributed by atoms with Gasteiger partial charge in [0.1, 0.15) is 5.76 Å². The van der Waals surface area contributed by atoms with Crippen molar-refractivity contribution in [3.8, 4) is 0 Å². The summed E-state index contributed by atoms with van der Waals surface area (Å²) in [4.78, 5) is 4.21. The van der Waals surface area contributed by atoms with E-state index in [2.05, 4.69) is 25.8 Å². The standard InChI is InChI=1S/C9H15NO/c1-6-8(9(3,4)5)11-7(2)10-6/h1-5H3. The van der Waals surface area contributed by atoms with E-state index in [1.54, 1.807) is 0 Å². The molecule has 0 aromatic carbocycles. The first-order chi connectivity index (χ1) is 4.91. The maximum absolute atomic E-state index is 5.47. The summed E-state index contributed by atoms with van der Waals surface area (Å²) in [5.74, 6) is 1.75. The van der Waals surface area contributed by atoms with Gasteiger partial charge < -0.3 is 4.42 Å². The van der Waals surface area contributed by atoms with Gasteiger partial charge in [-0.1, -0.05) is 20.8 Å². The molecule has 1 heterocycles. The molecule has 0 unspecified atom stereocenters. The molecule has 0 radical (unpaired) electrons. The van der Waals surface area contributed by atoms with E-state index in [0.29, 0.717) is 0 Å². The van der Waals surface area contributed by atoms with E-state index in [0.717, 1.165) is 17.3 Å². The molecule has 0 spiro atoms. The Labute approximate surface area is 67.6 Å². The summed E-state index contributed by atoms with van der Waals surface area (Å²) in [7, 11) is 0. The van der Waals surface area contributed by atoms with Crippen LogP contribution in [0.1, 0.15) is 38.1 Å². The molecule has 0 aliphatic carbocycles. The fraction of sp³-hybridized carbons (Fsp3) is 0.667. The van der Waals surface area contributed by atoms with Crippen LogP contribution in [0.2, 0.25) is 0 Å². The van der Waals surface area contributed by atoms with E-state index >= 15 is 0 Å². The van der Waals surface area contributed by atoms with Crippen molar-refractivity contribution in [3.63, 3.8) is 0 Å². The lowest BCUT2D eigenvalue weighted by Crippen LogP contribution is -2.11. The molecular formula is C9H15NO. The van der Waals surface area contributed by atoms with Crippen LogP contribution in [0.15, 0.2) is 4.42 Å². The average molecular weight is 153 g/mol. The van der Waals surface area contributed by atoms with Crippen LogP contribution in [0.4, 0.5) is 0 Å². The zero-order valence-electron chi connectivity index (χ0n) is 7.86. The monoisotopic (exact) mass is 153 g/mol. The van der Waals surface area contributed by atoms with Crippen LogP contribution in [0.3, 0.4) is 0 Å². The van der Waals surface area contributed by atoms with Gasteiger partial charge in [-0.25, -0.2) is 4.98 Å². The lowest BCUT2D eigenvalue weighted by molar-refractivity contribution is 0.390. The van der Waals surface area contributed by atoms with Crippen molar-refractivity contribution in [2.75, 3.05) is 0 Å². The lowest BCUT2D eigenvalue weighted by Gasteiger charge is -2.14. The molecule has 0 saturated heterocycles. The SMILES string of the molecule is Cc1nc(C)c(C(C)(C)C)o1. The van der Waals surface area contributed by atoms with Crippen LogP contribution in [0, 0.1) is 13.8 Å². The minimum atomic E-state index is 0.0747. The molecule has 2 heteroatoms. The summed E-state index contributed by atoms with van der Waals surface area (Å²) in [5.41, 5.74) is 1.08. The molecule has 0 saturated carbocycles. The smallest absolute Gasteiger partial charge is 0.191 e. The molecule has 0 aliphatic rings. The molecule has 1 aromatic heterocycles. The Hall–Kier alpha value is -0.790. The second-order valence-corrected chi connectivity index (χ2v) is 3.90. The highest BCUT2D eigenvalue weighted by atomic mass is 16.4. The number of nitrogens with zero attached hydrogens (tertiary/aromatic N) is 1. The summed E-state index contributed by atoms with van der Waals surface area (Å²) < 4.78 is 5.47. The molecule has 0 amide bonds. The maximum Gasteiger partial charge on any atom is 0.191 e. The first-order valence-corrected chi connectivity index (χ1v) is 3.86. The van der Waals surface area contributed by atoms with Crippen LogP contribution in [-0.4, -0.2) is 4.98 Å². The first kappa shape index (κ1) is 8.31. The van der Waals surface area contributed by atoms with E-state index in [1.165, 1.54) is 0 Å². The average Bonchev–Trinajstić information content (AvgIpc) is 2.08. The third-order valence-corrected chi connectivity index (χ3v) is 1.58. The van der Waals surface area contributed by atoms with Crippen molar-refractivity contribution in [2.24, 2.45) is 0 Å². The van der Waals surface area contributed by atoms with Crippen LogP contribution in [-0.2, 0) is 5.41 Å². The second-order valence-electron chi connectivity index (χ2n) is 3.90. The Morgan fingerprint density at radius 3 is 1.91 bits per heavy atom. The number of rotatable bonds is 0. The number of aryl methyl sites for hydroxylation is 2. The highest BCUT2D eigenvalue weighted by Crippen LogP contribution is 2.25. The van der Waals surface area contributed by atoms with Crippen LogP contribution >= 0.6 is 0 Å². The zero-order chi connectivity index (χ0) is 8.65. The molecular weight excluding hydrogens is 138 g/mol. The molecule has 2 nitrogen and oxygen atoms in total. The quantitative estimate of drug-likeness (QED) is 0.572. The number of oxazole rings is 1. The van der Waals surface area contributed by atoms with E-state index < -0.39 is 0 Å². The Morgan fingerprint density at radius 2 is 1.73 bits per heavy atom. The van der Waals surface area contributed by atoms with Gasteiger partial charge in [-0.2, -0.15) is 0 Å². The summed E-state index contributed by atoms with van der Waals surface area (Å²) >= 11 is 0. The molecule has 62 valence electrons. The Balaban J connectivity index is 3.13. The largest absolute Gasteiger partial charge is 0.445 e. The maximum atomic E-state index is 5.47. The van der Waals surface area contributed by atoms with Crippen LogP contribution < -0.4 is 0 Å². The van der Waals surface area contributed by atoms with Crippen molar-refractivity contribution in [1.82, 2.24) is 4.98 Å². The number of aromatic nitrogens is 1. The zero-order valence-corrected chi connectivity index (χ0v) is 7.86. The van der Waals surface area contributed by atoms with E-state index in [-0.39, 0.29) is 5.41 Å². The molecule has 11 heavy (non-hydrogen) atoms. The van der Waals surface area contributed by atoms with Crippen molar-refractivity contribution in [2.45, 2.75) is 40.0 Å². The van der Waals surface area contributed by atoms with Gasteiger partial charge in [0.15, 0.2) is 5.89 Å². The summed E-state index contributed by atoms with van der Waals surface area (Å²) in [6.45, 7) is 10.2. The summed E-state index contributed by atoms with van der Waals surface area (Å²) in [6, 6.07) is 0. The third-order valence-electron chi connectivity index (χ3n) is 1.58. The minimum absolute atomic E-state index is 0.0747. The molecule has 0 atom stereocenters. The first-order valence-electron chi connectivity index (χ1n) is 3.86. The van der Waals surface area contributed by atoms with Gasteiger partial charge in [0.2, 0.25) is 0 Å². The van der Waals surface area contributed by atoms with Crippen LogP contribution in [0.25, 0.3) is 0 Å². The normalized spacial score (nSPS) is 12.1. The molecule has 1 rings (SSSR count). The van der Waals surface area contributed by atoms with Gasteiger partial charge in [-0.05, 0) is 6.92 Å². The molecule has 0 aliphatic heterocycles. The molecule has 0 fully saturated rings. The van der Waals surface area contributed by atoms with Crippen molar-refractivity contribution in [3.05, 3.63) is 17.3 Å².